The number of fused-ring (bicyclic) bond motifs is 3. The van der Waals surface area contributed by atoms with Crippen molar-refractivity contribution >= 4 is 82.0 Å². The summed E-state index contributed by atoms with van der Waals surface area (Å²) in [6, 6.07) is 9.83. The Kier molecular flexibility index (Phi) is 14.7. The molecule has 2 aromatic heterocycles. The number of phosphoric ester groups is 1. The van der Waals surface area contributed by atoms with Crippen LogP contribution in [-0.4, -0.2) is 130 Å². The Morgan fingerprint density at radius 3 is 2.38 bits per heavy atom. The number of carbonyl (C=O) groups excluding carboxylic acids is 2. The van der Waals surface area contributed by atoms with Crippen molar-refractivity contribution in [2.24, 2.45) is 0 Å². The highest BCUT2D eigenvalue weighted by Crippen LogP contribution is 2.61. The van der Waals surface area contributed by atoms with Crippen molar-refractivity contribution in [3.8, 4) is 5.75 Å². The SMILES string of the molecule is CN(C)C1=CC2Oc3cc(N(C)C)ccc3C(c3ccc(C(=O)NCCNC(=O)O[C@H]4C(O)[C@@H](COP(=O)([O-])OP(=O)([O-])OP(=O)([O-])O)O[C@H]4n4cnc5c(=S)nc(N)[nH]c54)cc3C(=O)O)=C2C=C1. The van der Waals surface area contributed by atoms with E-state index in [2.05, 4.69) is 38.7 Å². The van der Waals surface area contributed by atoms with E-state index in [0.717, 1.165) is 22.3 Å². The number of hydrogen-bond acceptors (Lipinski definition) is 22. The standard InChI is InChI=1S/C38H44N9O18P3S/c1-45(2)19-6-9-22-25(14-19)61-26-15-20(46(3)4)7-10-23(26)28(22)21-8-5-18(13-24(21)36(50)51)33(49)40-11-12-41-38(52)63-31-30(48)27(16-60-67(56,57)65-68(58,59)64-66(53,54)55)62-35(31)47-17-42-29-32(47)43-37(39)44-34(29)69/h5-10,13-15,17,25,27,30-31,35,48H,11-12,16H2,1-4H3,(H,40,49)(H,41,52)(H,50,51)(H,56,57)(H,58,59)(H2,53,54,55)(H3,39,43,44,69)/p-3/t25?,27-,30?,31+,35-/m1/s1. The highest BCUT2D eigenvalue weighted by atomic mass is 32.1. The van der Waals surface area contributed by atoms with E-state index in [-0.39, 0.29) is 46.0 Å². The first-order valence-corrected chi connectivity index (χ1v) is 24.8. The Balaban J connectivity index is 1.04. The molecular formula is C38H41N9O18P3S-3. The molecule has 69 heavy (non-hydrogen) atoms. The fraction of sp³-hybridized carbons (Fsp3) is 0.316. The summed E-state index contributed by atoms with van der Waals surface area (Å²) in [4.78, 5) is 97.3. The van der Waals surface area contributed by atoms with Crippen molar-refractivity contribution in [3.63, 3.8) is 0 Å². The Bertz CT molecular complexity index is 3030. The van der Waals surface area contributed by atoms with E-state index in [1.807, 2.05) is 74.4 Å². The number of allylic oxidation sites excluding steroid dienone is 1. The molecule has 1 aliphatic carbocycles. The van der Waals surface area contributed by atoms with Crippen LogP contribution in [-0.2, 0) is 36.3 Å². The number of nitrogens with one attached hydrogen (secondary N) is 3. The third-order valence-corrected chi connectivity index (χ3v) is 14.4. The number of nitrogens with zero attached hydrogens (tertiary/aromatic N) is 5. The summed E-state index contributed by atoms with van der Waals surface area (Å²) in [5.74, 6) is -1.66. The molecule has 2 aliphatic heterocycles. The molecule has 2 amide bonds. The molecule has 0 spiro atoms. The number of aromatic carboxylic acids is 1. The molecule has 27 nitrogen and oxygen atoms in total. The first kappa shape index (κ1) is 51.0. The Hall–Kier alpha value is -5.83. The second-order valence-corrected chi connectivity index (χ2v) is 20.2. The molecule has 4 aromatic rings. The molecule has 0 saturated carbocycles. The monoisotopic (exact) mass is 1040 g/mol. The lowest BCUT2D eigenvalue weighted by Gasteiger charge is -2.33. The highest BCUT2D eigenvalue weighted by molar-refractivity contribution is 7.71. The van der Waals surface area contributed by atoms with Gasteiger partial charge in [-0.3, -0.25) is 23.1 Å². The molecule has 7 rings (SSSR count). The molecule has 1 saturated heterocycles. The number of rotatable bonds is 17. The number of phosphoric acid groups is 3. The summed E-state index contributed by atoms with van der Waals surface area (Å²) >= 11 is 5.19. The van der Waals surface area contributed by atoms with Crippen LogP contribution >= 0.6 is 35.7 Å². The molecule has 4 heterocycles. The van der Waals surface area contributed by atoms with Crippen LogP contribution in [0.3, 0.4) is 0 Å². The van der Waals surface area contributed by atoms with Gasteiger partial charge in [0.05, 0.1) is 18.5 Å². The van der Waals surface area contributed by atoms with Gasteiger partial charge in [-0.2, -0.15) is 0 Å². The van der Waals surface area contributed by atoms with E-state index in [9.17, 15) is 53.0 Å². The fourth-order valence-electron chi connectivity index (χ4n) is 7.37. The molecule has 31 heteroatoms. The third kappa shape index (κ3) is 11.6. The number of benzene rings is 2. The lowest BCUT2D eigenvalue weighted by Crippen LogP contribution is -2.41. The predicted octanol–water partition coefficient (Wildman–Crippen LogP) is 0.644. The summed E-state index contributed by atoms with van der Waals surface area (Å²) in [5.41, 5.74) is 9.77. The zero-order chi connectivity index (χ0) is 50.3. The second kappa shape index (κ2) is 19.9. The minimum Gasteiger partial charge on any atom is -0.756 e. The first-order valence-electron chi connectivity index (χ1n) is 20.0. The third-order valence-electron chi connectivity index (χ3n) is 10.4. The number of aliphatic hydroxyl groups excluding tert-OH is 1. The van der Waals surface area contributed by atoms with Gasteiger partial charge in [-0.1, -0.05) is 24.4 Å². The summed E-state index contributed by atoms with van der Waals surface area (Å²) in [5, 5.41) is 26.6. The Morgan fingerprint density at radius 1 is 0.986 bits per heavy atom. The molecule has 8 N–H and O–H groups in total. The number of carboxylic acids is 1. The summed E-state index contributed by atoms with van der Waals surface area (Å²) < 4.78 is 64.9. The zero-order valence-electron chi connectivity index (χ0n) is 36.3. The van der Waals surface area contributed by atoms with Gasteiger partial charge in [0.1, 0.15) is 35.2 Å². The van der Waals surface area contributed by atoms with Crippen molar-refractivity contribution in [3.05, 3.63) is 99.1 Å². The van der Waals surface area contributed by atoms with Crippen LogP contribution in [0.1, 0.15) is 38.1 Å². The van der Waals surface area contributed by atoms with Gasteiger partial charge < -0.3 is 79.7 Å². The van der Waals surface area contributed by atoms with Crippen molar-refractivity contribution in [1.82, 2.24) is 35.1 Å². The van der Waals surface area contributed by atoms with E-state index in [1.165, 1.54) is 18.2 Å². The smallest absolute Gasteiger partial charge is 0.407 e. The normalized spacial score (nSPS) is 22.2. The van der Waals surface area contributed by atoms with Crippen molar-refractivity contribution in [1.29, 1.82) is 0 Å². The van der Waals surface area contributed by atoms with Crippen molar-refractivity contribution in [2.45, 2.75) is 30.6 Å². The maximum absolute atomic E-state index is 13.4. The largest absolute Gasteiger partial charge is 0.756 e. The maximum Gasteiger partial charge on any atom is 0.407 e. The quantitative estimate of drug-likeness (QED) is 0.0433. The van der Waals surface area contributed by atoms with Gasteiger partial charge in [0.25, 0.3) is 29.4 Å². The van der Waals surface area contributed by atoms with Crippen LogP contribution < -0.4 is 40.7 Å². The number of anilines is 2. The number of hydrogen-bond donors (Lipinski definition) is 7. The van der Waals surface area contributed by atoms with Crippen LogP contribution in [0.15, 0.2) is 72.2 Å². The molecule has 0 bridgehead atoms. The number of amides is 2. The maximum atomic E-state index is 13.4. The average Bonchev–Trinajstić information content (AvgIpc) is 3.81. The average molecular weight is 1040 g/mol. The lowest BCUT2D eigenvalue weighted by atomic mass is 9.83. The van der Waals surface area contributed by atoms with Gasteiger partial charge in [0, 0.05) is 81.0 Å². The van der Waals surface area contributed by atoms with Crippen LogP contribution in [0.25, 0.3) is 16.7 Å². The van der Waals surface area contributed by atoms with Gasteiger partial charge >= 0.3 is 12.1 Å². The number of carbonyl (C=O) groups is 3. The number of aromatic amines is 1. The van der Waals surface area contributed by atoms with E-state index in [1.54, 1.807) is 0 Å². The zero-order valence-corrected chi connectivity index (χ0v) is 39.8. The lowest BCUT2D eigenvalue weighted by molar-refractivity contribution is -0.250. The summed E-state index contributed by atoms with van der Waals surface area (Å²) in [7, 11) is -10.8. The van der Waals surface area contributed by atoms with Crippen LogP contribution in [0.5, 0.6) is 5.75 Å². The molecule has 8 atom stereocenters. The summed E-state index contributed by atoms with van der Waals surface area (Å²) in [6.45, 7) is -1.77. The van der Waals surface area contributed by atoms with E-state index in [4.69, 9.17) is 37.1 Å². The number of ether oxygens (including phenoxy) is 3. The first-order chi connectivity index (χ1) is 32.3. The molecule has 0 radical (unpaired) electrons. The number of imidazole rings is 1. The number of likely N-dealkylation sites (N-methyl/N-ethyl adjacent to an activating group) is 1. The van der Waals surface area contributed by atoms with Crippen LogP contribution in [0.2, 0.25) is 0 Å². The van der Waals surface area contributed by atoms with Gasteiger partial charge in [0.2, 0.25) is 0 Å². The Labute approximate surface area is 395 Å². The molecule has 5 unspecified atom stereocenters. The number of nitrogen functional groups attached to an aromatic ring is 1. The molecular weight excluding hydrogens is 995 g/mol. The van der Waals surface area contributed by atoms with Crippen LogP contribution in [0.4, 0.5) is 16.4 Å². The van der Waals surface area contributed by atoms with E-state index < -0.39 is 78.7 Å². The minimum atomic E-state index is -6.27. The molecule has 1 fully saturated rings. The van der Waals surface area contributed by atoms with Crippen molar-refractivity contribution < 1.29 is 85.2 Å². The highest BCUT2D eigenvalue weighted by Gasteiger charge is 2.48. The van der Waals surface area contributed by atoms with Gasteiger partial charge in [-0.15, -0.1) is 0 Å². The fourth-order valence-corrected chi connectivity index (χ4v) is 10.5. The molecule has 3 aliphatic rings. The second-order valence-electron chi connectivity index (χ2n) is 15.5. The number of carboxylic acid groups (broad SMARTS) is 1. The molecule has 370 valence electrons. The number of aliphatic hydroxyl groups is 1. The summed E-state index contributed by atoms with van der Waals surface area (Å²) in [6.07, 6.45) is -1.99. The number of alkyl carbamates (subject to hydrolysis) is 1. The van der Waals surface area contributed by atoms with Gasteiger partial charge in [0.15, 0.2) is 22.9 Å². The number of H-pyrrole nitrogens is 1. The van der Waals surface area contributed by atoms with E-state index >= 15 is 0 Å². The Morgan fingerprint density at radius 2 is 1.70 bits per heavy atom. The number of aromatic nitrogens is 4. The van der Waals surface area contributed by atoms with Crippen molar-refractivity contribution in [2.75, 3.05) is 58.5 Å². The number of nitrogens with two attached hydrogens (primary N) is 1. The van der Waals surface area contributed by atoms with E-state index in [0.29, 0.717) is 28.0 Å². The van der Waals surface area contributed by atoms with Crippen LogP contribution in [0, 0.1) is 4.64 Å². The molecule has 2 aromatic carbocycles. The minimum absolute atomic E-state index is 0.0210. The topological polar surface area (TPSA) is 391 Å². The predicted molar refractivity (Wildman–Crippen MR) is 236 cm³/mol. The van der Waals surface area contributed by atoms with Gasteiger partial charge in [-0.25, -0.2) is 28.2 Å². The van der Waals surface area contributed by atoms with Gasteiger partial charge in [-0.05, 0) is 42.0 Å².